The molecule has 0 aromatic carbocycles. The molecule has 1 unspecified atom stereocenters. The summed E-state index contributed by atoms with van der Waals surface area (Å²) in [7, 11) is 0. The molecule has 0 aliphatic carbocycles. The molecule has 0 saturated heterocycles. The predicted molar refractivity (Wildman–Crippen MR) is 63.4 cm³/mol. The predicted octanol–water partition coefficient (Wildman–Crippen LogP) is 1.10. The van der Waals surface area contributed by atoms with Gasteiger partial charge in [0.2, 0.25) is 0 Å². The SMILES string of the molecule is CC(Cn1cccn1)NC(=O)c1ccncc1. The van der Waals surface area contributed by atoms with Crippen molar-refractivity contribution in [3.8, 4) is 0 Å². The second kappa shape index (κ2) is 5.25. The lowest BCUT2D eigenvalue weighted by molar-refractivity contribution is 0.0936. The molecule has 0 bridgehead atoms. The van der Waals surface area contributed by atoms with Gasteiger partial charge in [-0.3, -0.25) is 14.5 Å². The van der Waals surface area contributed by atoms with Gasteiger partial charge in [-0.1, -0.05) is 0 Å². The highest BCUT2D eigenvalue weighted by molar-refractivity contribution is 5.94. The summed E-state index contributed by atoms with van der Waals surface area (Å²) in [5, 5.41) is 7.00. The van der Waals surface area contributed by atoms with Gasteiger partial charge in [-0.15, -0.1) is 0 Å². The van der Waals surface area contributed by atoms with E-state index in [4.69, 9.17) is 0 Å². The van der Waals surface area contributed by atoms with E-state index in [2.05, 4.69) is 15.4 Å². The maximum Gasteiger partial charge on any atom is 0.251 e. The number of rotatable bonds is 4. The molecule has 0 aliphatic rings. The topological polar surface area (TPSA) is 59.8 Å². The van der Waals surface area contributed by atoms with Crippen molar-refractivity contribution in [2.45, 2.75) is 19.5 Å². The van der Waals surface area contributed by atoms with Crippen LogP contribution >= 0.6 is 0 Å². The third-order valence-electron chi connectivity index (χ3n) is 2.34. The molecular weight excluding hydrogens is 216 g/mol. The maximum atomic E-state index is 11.8. The van der Waals surface area contributed by atoms with Crippen LogP contribution in [0.3, 0.4) is 0 Å². The van der Waals surface area contributed by atoms with Crippen LogP contribution in [0.4, 0.5) is 0 Å². The van der Waals surface area contributed by atoms with E-state index < -0.39 is 0 Å². The fraction of sp³-hybridized carbons (Fsp3) is 0.250. The van der Waals surface area contributed by atoms with Crippen LogP contribution in [0, 0.1) is 0 Å². The van der Waals surface area contributed by atoms with Gasteiger partial charge in [-0.2, -0.15) is 5.10 Å². The lowest BCUT2D eigenvalue weighted by Crippen LogP contribution is -2.35. The van der Waals surface area contributed by atoms with Crippen LogP contribution in [-0.4, -0.2) is 26.7 Å². The second-order valence-corrected chi connectivity index (χ2v) is 3.84. The van der Waals surface area contributed by atoms with Crippen LogP contribution in [-0.2, 0) is 6.54 Å². The van der Waals surface area contributed by atoms with E-state index >= 15 is 0 Å². The molecule has 0 spiro atoms. The first-order valence-electron chi connectivity index (χ1n) is 5.44. The van der Waals surface area contributed by atoms with Crippen molar-refractivity contribution in [1.29, 1.82) is 0 Å². The molecule has 0 fully saturated rings. The lowest BCUT2D eigenvalue weighted by atomic mass is 10.2. The zero-order chi connectivity index (χ0) is 12.1. The first-order chi connectivity index (χ1) is 8.25. The summed E-state index contributed by atoms with van der Waals surface area (Å²) in [4.78, 5) is 15.7. The van der Waals surface area contributed by atoms with Gasteiger partial charge in [0.05, 0.1) is 6.54 Å². The second-order valence-electron chi connectivity index (χ2n) is 3.84. The molecular formula is C12H14N4O. The van der Waals surface area contributed by atoms with E-state index in [1.54, 1.807) is 35.4 Å². The molecule has 5 heteroatoms. The van der Waals surface area contributed by atoms with E-state index in [0.717, 1.165) is 0 Å². The third-order valence-corrected chi connectivity index (χ3v) is 2.34. The van der Waals surface area contributed by atoms with E-state index in [1.165, 1.54) is 0 Å². The molecule has 0 radical (unpaired) electrons. The first-order valence-corrected chi connectivity index (χ1v) is 5.44. The summed E-state index contributed by atoms with van der Waals surface area (Å²) in [5.41, 5.74) is 0.618. The lowest BCUT2D eigenvalue weighted by Gasteiger charge is -2.13. The molecule has 88 valence electrons. The van der Waals surface area contributed by atoms with Crippen molar-refractivity contribution >= 4 is 5.91 Å². The zero-order valence-corrected chi connectivity index (χ0v) is 9.58. The van der Waals surface area contributed by atoms with Crippen LogP contribution < -0.4 is 5.32 Å². The van der Waals surface area contributed by atoms with E-state index in [-0.39, 0.29) is 11.9 Å². The van der Waals surface area contributed by atoms with Crippen LogP contribution in [0.15, 0.2) is 43.0 Å². The number of nitrogens with one attached hydrogen (secondary N) is 1. The first kappa shape index (κ1) is 11.3. The van der Waals surface area contributed by atoms with Gasteiger partial charge in [0.1, 0.15) is 0 Å². The largest absolute Gasteiger partial charge is 0.348 e. The van der Waals surface area contributed by atoms with E-state index in [0.29, 0.717) is 12.1 Å². The minimum Gasteiger partial charge on any atom is -0.348 e. The molecule has 5 nitrogen and oxygen atoms in total. The van der Waals surface area contributed by atoms with Gasteiger partial charge in [0.25, 0.3) is 5.91 Å². The monoisotopic (exact) mass is 230 g/mol. The Balaban J connectivity index is 1.91. The molecule has 2 aromatic heterocycles. The van der Waals surface area contributed by atoms with Gasteiger partial charge >= 0.3 is 0 Å². The Labute approximate surface area is 99.5 Å². The van der Waals surface area contributed by atoms with Crippen LogP contribution in [0.5, 0.6) is 0 Å². The average molecular weight is 230 g/mol. The molecule has 1 N–H and O–H groups in total. The van der Waals surface area contributed by atoms with E-state index in [9.17, 15) is 4.79 Å². The van der Waals surface area contributed by atoms with Gasteiger partial charge < -0.3 is 5.32 Å². The Morgan fingerprint density at radius 3 is 2.82 bits per heavy atom. The summed E-state index contributed by atoms with van der Waals surface area (Å²) < 4.78 is 1.79. The Morgan fingerprint density at radius 2 is 2.18 bits per heavy atom. The van der Waals surface area contributed by atoms with Crippen molar-refractivity contribution in [2.75, 3.05) is 0 Å². The molecule has 2 rings (SSSR count). The summed E-state index contributed by atoms with van der Waals surface area (Å²) in [6, 6.07) is 5.26. The van der Waals surface area contributed by atoms with Crippen LogP contribution in [0.1, 0.15) is 17.3 Å². The standard InChI is InChI=1S/C12H14N4O/c1-10(9-16-8-2-5-14-16)15-12(17)11-3-6-13-7-4-11/h2-8,10H,9H2,1H3,(H,15,17). The number of carbonyl (C=O) groups excluding carboxylic acids is 1. The van der Waals surface area contributed by atoms with Crippen molar-refractivity contribution in [2.24, 2.45) is 0 Å². The van der Waals surface area contributed by atoms with Crippen molar-refractivity contribution < 1.29 is 4.79 Å². The number of hydrogen-bond acceptors (Lipinski definition) is 3. The van der Waals surface area contributed by atoms with Crippen molar-refractivity contribution in [3.63, 3.8) is 0 Å². The zero-order valence-electron chi connectivity index (χ0n) is 9.58. The molecule has 0 saturated carbocycles. The Morgan fingerprint density at radius 1 is 1.41 bits per heavy atom. The number of amides is 1. The average Bonchev–Trinajstić information content (AvgIpc) is 2.82. The number of nitrogens with zero attached hydrogens (tertiary/aromatic N) is 3. The molecule has 17 heavy (non-hydrogen) atoms. The molecule has 2 aromatic rings. The summed E-state index contributed by atoms with van der Waals surface area (Å²) in [6.07, 6.45) is 6.80. The Bertz CT molecular complexity index is 467. The fourth-order valence-electron chi connectivity index (χ4n) is 1.55. The Kier molecular flexibility index (Phi) is 3.49. The molecule has 0 aliphatic heterocycles. The normalized spacial score (nSPS) is 12.1. The molecule has 1 amide bonds. The number of carbonyl (C=O) groups is 1. The summed E-state index contributed by atoms with van der Waals surface area (Å²) in [5.74, 6) is -0.0907. The number of aromatic nitrogens is 3. The minimum absolute atomic E-state index is 0.0237. The smallest absolute Gasteiger partial charge is 0.251 e. The van der Waals surface area contributed by atoms with Gasteiger partial charge in [-0.25, -0.2) is 0 Å². The third kappa shape index (κ3) is 3.14. The summed E-state index contributed by atoms with van der Waals surface area (Å²) in [6.45, 7) is 2.60. The van der Waals surface area contributed by atoms with E-state index in [1.807, 2.05) is 19.2 Å². The maximum absolute atomic E-state index is 11.8. The van der Waals surface area contributed by atoms with Gasteiger partial charge in [0.15, 0.2) is 0 Å². The number of pyridine rings is 1. The highest BCUT2D eigenvalue weighted by atomic mass is 16.1. The highest BCUT2D eigenvalue weighted by Gasteiger charge is 2.09. The van der Waals surface area contributed by atoms with Crippen LogP contribution in [0.2, 0.25) is 0 Å². The number of hydrogen-bond donors (Lipinski definition) is 1. The minimum atomic E-state index is -0.0907. The quantitative estimate of drug-likeness (QED) is 0.855. The molecule has 2 heterocycles. The summed E-state index contributed by atoms with van der Waals surface area (Å²) >= 11 is 0. The molecule has 1 atom stereocenters. The van der Waals surface area contributed by atoms with Gasteiger partial charge in [0, 0.05) is 36.4 Å². The van der Waals surface area contributed by atoms with Gasteiger partial charge in [-0.05, 0) is 25.1 Å². The van der Waals surface area contributed by atoms with Crippen molar-refractivity contribution in [1.82, 2.24) is 20.1 Å². The fourth-order valence-corrected chi connectivity index (χ4v) is 1.55. The van der Waals surface area contributed by atoms with Crippen LogP contribution in [0.25, 0.3) is 0 Å². The van der Waals surface area contributed by atoms with Crippen molar-refractivity contribution in [3.05, 3.63) is 48.5 Å². The highest BCUT2D eigenvalue weighted by Crippen LogP contribution is 1.98. The Hall–Kier alpha value is -2.17.